The van der Waals surface area contributed by atoms with Crippen LogP contribution in [-0.4, -0.2) is 16.1 Å². The molecule has 1 aliphatic rings. The fraction of sp³-hybridized carbons (Fsp3) is 0.200. The van der Waals surface area contributed by atoms with Crippen LogP contribution in [0.15, 0.2) is 48.7 Å². The Morgan fingerprint density at radius 1 is 1.11 bits per heavy atom. The lowest BCUT2D eigenvalue weighted by molar-refractivity contribution is -0.140. The van der Waals surface area contributed by atoms with E-state index in [1.165, 1.54) is 0 Å². The fourth-order valence-electron chi connectivity index (χ4n) is 2.21. The van der Waals surface area contributed by atoms with Crippen LogP contribution in [0.2, 0.25) is 0 Å². The highest BCUT2D eigenvalue weighted by Gasteiger charge is 2.51. The van der Waals surface area contributed by atoms with Gasteiger partial charge in [0.05, 0.1) is 11.1 Å². The Kier molecular flexibility index (Phi) is 2.40. The fourth-order valence-corrected chi connectivity index (χ4v) is 2.21. The average Bonchev–Trinajstić information content (AvgIpc) is 3.22. The van der Waals surface area contributed by atoms with Gasteiger partial charge in [-0.15, -0.1) is 0 Å². The van der Waals surface area contributed by atoms with Crippen LogP contribution < -0.4 is 0 Å². The van der Waals surface area contributed by atoms with Crippen molar-refractivity contribution in [3.8, 4) is 11.3 Å². The van der Waals surface area contributed by atoms with Crippen molar-refractivity contribution >= 4 is 5.97 Å². The number of nitrogens with zero attached hydrogens (tertiary/aromatic N) is 1. The Labute approximate surface area is 105 Å². The highest BCUT2D eigenvalue weighted by Crippen LogP contribution is 2.48. The Hall–Kier alpha value is -2.16. The molecule has 3 heteroatoms. The average molecular weight is 239 g/mol. The zero-order valence-electron chi connectivity index (χ0n) is 9.84. The molecule has 1 saturated carbocycles. The molecule has 0 amide bonds. The molecule has 1 aromatic heterocycles. The summed E-state index contributed by atoms with van der Waals surface area (Å²) in [5.74, 6) is -0.739. The molecule has 0 saturated heterocycles. The zero-order valence-corrected chi connectivity index (χ0v) is 9.84. The van der Waals surface area contributed by atoms with E-state index in [0.717, 1.165) is 16.8 Å². The minimum atomic E-state index is -0.739. The number of aliphatic carboxylic acids is 1. The third-order valence-corrected chi connectivity index (χ3v) is 3.55. The van der Waals surface area contributed by atoms with Gasteiger partial charge in [0.2, 0.25) is 0 Å². The molecule has 90 valence electrons. The molecule has 0 aliphatic heterocycles. The van der Waals surface area contributed by atoms with Crippen molar-refractivity contribution in [3.05, 3.63) is 54.2 Å². The predicted molar refractivity (Wildman–Crippen MR) is 68.2 cm³/mol. The third kappa shape index (κ3) is 1.68. The number of hydrogen-bond donors (Lipinski definition) is 1. The van der Waals surface area contributed by atoms with Crippen LogP contribution in [0.5, 0.6) is 0 Å². The van der Waals surface area contributed by atoms with Gasteiger partial charge in [0.25, 0.3) is 0 Å². The lowest BCUT2D eigenvalue weighted by atomic mass is 9.97. The first-order chi connectivity index (χ1) is 8.72. The topological polar surface area (TPSA) is 50.2 Å². The molecule has 1 aliphatic carbocycles. The van der Waals surface area contributed by atoms with Crippen molar-refractivity contribution in [1.29, 1.82) is 0 Å². The van der Waals surface area contributed by atoms with E-state index in [2.05, 4.69) is 4.98 Å². The summed E-state index contributed by atoms with van der Waals surface area (Å²) in [7, 11) is 0. The molecule has 0 radical (unpaired) electrons. The Morgan fingerprint density at radius 2 is 1.83 bits per heavy atom. The molecule has 3 rings (SSSR count). The van der Waals surface area contributed by atoms with Crippen molar-refractivity contribution < 1.29 is 9.90 Å². The van der Waals surface area contributed by atoms with Crippen LogP contribution in [0.3, 0.4) is 0 Å². The van der Waals surface area contributed by atoms with Crippen molar-refractivity contribution in [2.45, 2.75) is 18.3 Å². The maximum absolute atomic E-state index is 11.2. The molecule has 1 N–H and O–H groups in total. The number of carboxylic acids is 1. The standard InChI is InChI=1S/C15H13NO2/c17-14(18)15(8-9-15)12-6-7-13(16-10-12)11-4-2-1-3-5-11/h1-7,10H,8-9H2,(H,17,18). The molecular formula is C15H13NO2. The van der Waals surface area contributed by atoms with Crippen LogP contribution in [0.25, 0.3) is 11.3 Å². The van der Waals surface area contributed by atoms with E-state index in [0.29, 0.717) is 12.8 Å². The third-order valence-electron chi connectivity index (χ3n) is 3.55. The molecule has 0 bridgehead atoms. The van der Waals surface area contributed by atoms with E-state index in [1.807, 2.05) is 42.5 Å². The highest BCUT2D eigenvalue weighted by molar-refractivity contribution is 5.84. The number of aromatic nitrogens is 1. The number of hydrogen-bond acceptors (Lipinski definition) is 2. The van der Waals surface area contributed by atoms with Crippen LogP contribution >= 0.6 is 0 Å². The summed E-state index contributed by atoms with van der Waals surface area (Å²) in [5, 5.41) is 9.22. The van der Waals surface area contributed by atoms with Crippen LogP contribution in [0.1, 0.15) is 18.4 Å². The van der Waals surface area contributed by atoms with Crippen LogP contribution in [0, 0.1) is 0 Å². The minimum absolute atomic E-state index is 0.664. The van der Waals surface area contributed by atoms with Gasteiger partial charge in [-0.25, -0.2) is 0 Å². The summed E-state index contributed by atoms with van der Waals surface area (Å²) in [6, 6.07) is 13.7. The Morgan fingerprint density at radius 3 is 2.33 bits per heavy atom. The summed E-state index contributed by atoms with van der Waals surface area (Å²) < 4.78 is 0. The lowest BCUT2D eigenvalue weighted by Gasteiger charge is -2.10. The largest absolute Gasteiger partial charge is 0.481 e. The van der Waals surface area contributed by atoms with Crippen molar-refractivity contribution in [1.82, 2.24) is 4.98 Å². The van der Waals surface area contributed by atoms with E-state index in [9.17, 15) is 9.90 Å². The molecule has 1 aromatic carbocycles. The second kappa shape index (κ2) is 3.95. The predicted octanol–water partition coefficient (Wildman–Crippen LogP) is 2.86. The SMILES string of the molecule is O=C(O)C1(c2ccc(-c3ccccc3)nc2)CC1. The van der Waals surface area contributed by atoms with E-state index in [-0.39, 0.29) is 0 Å². The second-order valence-electron chi connectivity index (χ2n) is 4.69. The number of carboxylic acid groups (broad SMARTS) is 1. The van der Waals surface area contributed by atoms with Crippen LogP contribution in [0.4, 0.5) is 0 Å². The number of carbonyl (C=O) groups is 1. The van der Waals surface area contributed by atoms with Crippen molar-refractivity contribution in [2.24, 2.45) is 0 Å². The summed E-state index contributed by atoms with van der Waals surface area (Å²) >= 11 is 0. The quantitative estimate of drug-likeness (QED) is 0.896. The minimum Gasteiger partial charge on any atom is -0.481 e. The number of rotatable bonds is 3. The molecular weight excluding hydrogens is 226 g/mol. The Balaban J connectivity index is 1.93. The number of pyridine rings is 1. The summed E-state index contributed by atoms with van der Waals surface area (Å²) in [4.78, 5) is 15.6. The van der Waals surface area contributed by atoms with Gasteiger partial charge in [0.15, 0.2) is 0 Å². The van der Waals surface area contributed by atoms with Gasteiger partial charge in [-0.05, 0) is 24.5 Å². The first kappa shape index (κ1) is 11.0. The molecule has 18 heavy (non-hydrogen) atoms. The van der Waals surface area contributed by atoms with Gasteiger partial charge in [-0.1, -0.05) is 36.4 Å². The molecule has 0 spiro atoms. The van der Waals surface area contributed by atoms with E-state index < -0.39 is 11.4 Å². The second-order valence-corrected chi connectivity index (χ2v) is 4.69. The maximum Gasteiger partial charge on any atom is 0.314 e. The van der Waals surface area contributed by atoms with Crippen molar-refractivity contribution in [3.63, 3.8) is 0 Å². The van der Waals surface area contributed by atoms with Gasteiger partial charge in [-0.3, -0.25) is 9.78 Å². The maximum atomic E-state index is 11.2. The lowest BCUT2D eigenvalue weighted by Crippen LogP contribution is -2.19. The van der Waals surface area contributed by atoms with Gasteiger partial charge in [-0.2, -0.15) is 0 Å². The van der Waals surface area contributed by atoms with E-state index in [1.54, 1.807) is 6.20 Å². The molecule has 3 nitrogen and oxygen atoms in total. The summed E-state index contributed by atoms with van der Waals surface area (Å²) in [6.07, 6.45) is 3.13. The van der Waals surface area contributed by atoms with Gasteiger partial charge in [0, 0.05) is 11.8 Å². The van der Waals surface area contributed by atoms with E-state index in [4.69, 9.17) is 0 Å². The van der Waals surface area contributed by atoms with Crippen molar-refractivity contribution in [2.75, 3.05) is 0 Å². The molecule has 1 heterocycles. The normalized spacial score (nSPS) is 16.2. The summed E-state index contributed by atoms with van der Waals surface area (Å²) in [5.41, 5.74) is 2.07. The van der Waals surface area contributed by atoms with Gasteiger partial charge >= 0.3 is 5.97 Å². The smallest absolute Gasteiger partial charge is 0.314 e. The van der Waals surface area contributed by atoms with Crippen LogP contribution in [-0.2, 0) is 10.2 Å². The first-order valence-corrected chi connectivity index (χ1v) is 5.98. The highest BCUT2D eigenvalue weighted by atomic mass is 16.4. The molecule has 0 unspecified atom stereocenters. The molecule has 0 atom stereocenters. The molecule has 2 aromatic rings. The monoisotopic (exact) mass is 239 g/mol. The van der Waals surface area contributed by atoms with E-state index >= 15 is 0 Å². The molecule has 1 fully saturated rings. The van der Waals surface area contributed by atoms with Gasteiger partial charge < -0.3 is 5.11 Å². The number of benzene rings is 1. The first-order valence-electron chi connectivity index (χ1n) is 5.98. The zero-order chi connectivity index (χ0) is 12.6. The summed E-state index contributed by atoms with van der Waals surface area (Å²) in [6.45, 7) is 0. The Bertz CT molecular complexity index is 571. The van der Waals surface area contributed by atoms with Gasteiger partial charge in [0.1, 0.15) is 0 Å².